The fourth-order valence-corrected chi connectivity index (χ4v) is 3.70. The normalized spacial score (nSPS) is 17.4. The highest BCUT2D eigenvalue weighted by Crippen LogP contribution is 2.22. The van der Waals surface area contributed by atoms with Crippen molar-refractivity contribution in [3.8, 4) is 17.2 Å². The number of rotatable bonds is 6. The van der Waals surface area contributed by atoms with Gasteiger partial charge in [0.25, 0.3) is 0 Å². The van der Waals surface area contributed by atoms with Gasteiger partial charge in [-0.3, -0.25) is 9.69 Å². The van der Waals surface area contributed by atoms with E-state index in [-0.39, 0.29) is 17.9 Å². The Hall–Kier alpha value is -3.23. The molecule has 0 radical (unpaired) electrons. The van der Waals surface area contributed by atoms with Gasteiger partial charge >= 0.3 is 11.8 Å². The average molecular weight is 420 g/mol. The van der Waals surface area contributed by atoms with Crippen molar-refractivity contribution < 1.29 is 18.7 Å². The summed E-state index contributed by atoms with van der Waals surface area (Å²) in [5.74, 6) is 0.890. The van der Waals surface area contributed by atoms with E-state index in [1.54, 1.807) is 4.90 Å². The fraction of sp³-hybridized carbons (Fsp3) is 0.348. The highest BCUT2D eigenvalue weighted by molar-refractivity contribution is 5.90. The number of hydrogen-bond donors (Lipinski definition) is 0. The van der Waals surface area contributed by atoms with Crippen LogP contribution in [0.2, 0.25) is 0 Å². The van der Waals surface area contributed by atoms with E-state index in [1.165, 1.54) is 5.56 Å². The minimum Gasteiger partial charge on any atom is -0.487 e. The highest BCUT2D eigenvalue weighted by atomic mass is 16.5. The lowest BCUT2D eigenvalue weighted by Crippen LogP contribution is -2.56. The van der Waals surface area contributed by atoms with Crippen LogP contribution >= 0.6 is 0 Å². The molecule has 0 spiro atoms. The Kier molecular flexibility index (Phi) is 5.64. The summed E-state index contributed by atoms with van der Waals surface area (Å²) in [5, 5.41) is 7.88. The van der Waals surface area contributed by atoms with Gasteiger partial charge in [0.05, 0.1) is 26.3 Å². The standard InChI is InChI=1S/C23H24N4O4/c28-23(22-25-24-21(31-22)18-4-2-1-3-5-18)27-15-20(16-27)30-19-8-6-17(7-9-19)14-26-10-12-29-13-11-26/h1-9,20H,10-16H2. The van der Waals surface area contributed by atoms with Crippen molar-refractivity contribution >= 4 is 5.91 Å². The van der Waals surface area contributed by atoms with E-state index in [0.29, 0.717) is 19.0 Å². The minimum atomic E-state index is -0.268. The summed E-state index contributed by atoms with van der Waals surface area (Å²) in [6.45, 7) is 5.46. The number of aromatic nitrogens is 2. The first kappa shape index (κ1) is 19.7. The predicted molar refractivity (Wildman–Crippen MR) is 113 cm³/mol. The molecule has 8 heteroatoms. The van der Waals surface area contributed by atoms with Crippen molar-refractivity contribution in [2.24, 2.45) is 0 Å². The van der Waals surface area contributed by atoms with Gasteiger partial charge in [0.15, 0.2) is 0 Å². The van der Waals surface area contributed by atoms with Crippen molar-refractivity contribution in [2.45, 2.75) is 12.6 Å². The summed E-state index contributed by atoms with van der Waals surface area (Å²) in [7, 11) is 0. The molecule has 0 atom stereocenters. The molecular formula is C23H24N4O4. The molecule has 1 amide bonds. The molecular weight excluding hydrogens is 396 g/mol. The summed E-state index contributed by atoms with van der Waals surface area (Å²) in [6, 6.07) is 17.6. The summed E-state index contributed by atoms with van der Waals surface area (Å²) in [5.41, 5.74) is 2.04. The molecule has 31 heavy (non-hydrogen) atoms. The topological polar surface area (TPSA) is 80.9 Å². The summed E-state index contributed by atoms with van der Waals surface area (Å²) >= 11 is 0. The van der Waals surface area contributed by atoms with E-state index in [1.807, 2.05) is 42.5 Å². The van der Waals surface area contributed by atoms with Crippen molar-refractivity contribution in [2.75, 3.05) is 39.4 Å². The first-order valence-corrected chi connectivity index (χ1v) is 10.5. The Labute approximate surface area is 180 Å². The van der Waals surface area contributed by atoms with Gasteiger partial charge in [-0.25, -0.2) is 0 Å². The Morgan fingerprint density at radius 3 is 2.48 bits per heavy atom. The molecule has 5 rings (SSSR count). The van der Waals surface area contributed by atoms with Gasteiger partial charge in [-0.05, 0) is 29.8 Å². The van der Waals surface area contributed by atoms with Crippen molar-refractivity contribution in [1.29, 1.82) is 0 Å². The quantitative estimate of drug-likeness (QED) is 0.606. The van der Waals surface area contributed by atoms with Crippen LogP contribution in [0.3, 0.4) is 0 Å². The van der Waals surface area contributed by atoms with E-state index < -0.39 is 0 Å². The SMILES string of the molecule is O=C(c1nnc(-c2ccccc2)o1)N1CC(Oc2ccc(CN3CCOCC3)cc2)C1. The molecule has 1 aromatic heterocycles. The lowest BCUT2D eigenvalue weighted by Gasteiger charge is -2.38. The number of morpholine rings is 1. The van der Waals surface area contributed by atoms with Crippen molar-refractivity contribution in [1.82, 2.24) is 20.0 Å². The van der Waals surface area contributed by atoms with Crippen molar-refractivity contribution in [3.63, 3.8) is 0 Å². The van der Waals surface area contributed by atoms with Crippen LogP contribution in [-0.2, 0) is 11.3 Å². The Bertz CT molecular complexity index is 1010. The molecule has 3 heterocycles. The first-order chi connectivity index (χ1) is 15.2. The van der Waals surface area contributed by atoms with Gasteiger partial charge in [-0.1, -0.05) is 30.3 Å². The van der Waals surface area contributed by atoms with E-state index in [9.17, 15) is 4.79 Å². The number of amides is 1. The summed E-state index contributed by atoms with van der Waals surface area (Å²) < 4.78 is 16.9. The highest BCUT2D eigenvalue weighted by Gasteiger charge is 2.35. The van der Waals surface area contributed by atoms with Gasteiger partial charge in [0.2, 0.25) is 5.89 Å². The Balaban J connectivity index is 1.11. The number of carbonyl (C=O) groups is 1. The maximum Gasteiger partial charge on any atom is 0.311 e. The molecule has 2 fully saturated rings. The third-order valence-corrected chi connectivity index (χ3v) is 5.50. The number of benzene rings is 2. The fourth-order valence-electron chi connectivity index (χ4n) is 3.70. The molecule has 2 aromatic carbocycles. The molecule has 2 aliphatic rings. The van der Waals surface area contributed by atoms with Crippen LogP contribution in [0.15, 0.2) is 59.0 Å². The third-order valence-electron chi connectivity index (χ3n) is 5.50. The second-order valence-electron chi connectivity index (χ2n) is 7.76. The van der Waals surface area contributed by atoms with Gasteiger partial charge in [-0.15, -0.1) is 10.2 Å². The van der Waals surface area contributed by atoms with Crippen LogP contribution in [0.1, 0.15) is 16.2 Å². The lowest BCUT2D eigenvalue weighted by molar-refractivity contribution is 0.0149. The first-order valence-electron chi connectivity index (χ1n) is 10.5. The molecule has 0 unspecified atom stereocenters. The second kappa shape index (κ2) is 8.87. The molecule has 0 aliphatic carbocycles. The van der Waals surface area contributed by atoms with E-state index in [0.717, 1.165) is 44.2 Å². The van der Waals surface area contributed by atoms with Crippen LogP contribution in [-0.4, -0.2) is 71.4 Å². The van der Waals surface area contributed by atoms with E-state index in [4.69, 9.17) is 13.9 Å². The zero-order chi connectivity index (χ0) is 21.0. The molecule has 0 N–H and O–H groups in total. The second-order valence-corrected chi connectivity index (χ2v) is 7.76. The van der Waals surface area contributed by atoms with Gasteiger partial charge in [0, 0.05) is 25.2 Å². The van der Waals surface area contributed by atoms with Crippen LogP contribution in [0, 0.1) is 0 Å². The number of ether oxygens (including phenoxy) is 2. The Morgan fingerprint density at radius 2 is 1.74 bits per heavy atom. The monoisotopic (exact) mass is 420 g/mol. The molecule has 0 bridgehead atoms. The van der Waals surface area contributed by atoms with Crippen molar-refractivity contribution in [3.05, 3.63) is 66.1 Å². The van der Waals surface area contributed by atoms with Gasteiger partial charge in [-0.2, -0.15) is 0 Å². The zero-order valence-corrected chi connectivity index (χ0v) is 17.1. The third kappa shape index (κ3) is 4.60. The molecule has 8 nitrogen and oxygen atoms in total. The van der Waals surface area contributed by atoms with Crippen LogP contribution in [0.5, 0.6) is 5.75 Å². The predicted octanol–water partition coefficient (Wildman–Crippen LogP) is 2.47. The smallest absolute Gasteiger partial charge is 0.311 e. The van der Waals surface area contributed by atoms with Crippen LogP contribution < -0.4 is 4.74 Å². The lowest BCUT2D eigenvalue weighted by atomic mass is 10.1. The van der Waals surface area contributed by atoms with Crippen LogP contribution in [0.25, 0.3) is 11.5 Å². The molecule has 0 saturated carbocycles. The number of likely N-dealkylation sites (tertiary alicyclic amines) is 1. The zero-order valence-electron chi connectivity index (χ0n) is 17.1. The Morgan fingerprint density at radius 1 is 1.00 bits per heavy atom. The number of hydrogen-bond acceptors (Lipinski definition) is 7. The number of carbonyl (C=O) groups excluding carboxylic acids is 1. The molecule has 2 aliphatic heterocycles. The maximum absolute atomic E-state index is 12.6. The summed E-state index contributed by atoms with van der Waals surface area (Å²) in [6.07, 6.45) is -0.0365. The largest absolute Gasteiger partial charge is 0.487 e. The van der Waals surface area contributed by atoms with E-state index >= 15 is 0 Å². The average Bonchev–Trinajstić information content (AvgIpc) is 3.28. The molecule has 160 valence electrons. The van der Waals surface area contributed by atoms with Gasteiger partial charge in [0.1, 0.15) is 11.9 Å². The maximum atomic E-state index is 12.6. The van der Waals surface area contributed by atoms with E-state index in [2.05, 4.69) is 27.2 Å². The summed E-state index contributed by atoms with van der Waals surface area (Å²) in [4.78, 5) is 16.6. The molecule has 2 saturated heterocycles. The molecule has 3 aromatic rings. The minimum absolute atomic E-state index is 0.00442. The van der Waals surface area contributed by atoms with Gasteiger partial charge < -0.3 is 18.8 Å². The number of nitrogens with zero attached hydrogens (tertiary/aromatic N) is 4. The van der Waals surface area contributed by atoms with Crippen LogP contribution in [0.4, 0.5) is 0 Å².